The highest BCUT2D eigenvalue weighted by Crippen LogP contribution is 2.39. The molecule has 5 rings (SSSR count). The topological polar surface area (TPSA) is 88.9 Å². The van der Waals surface area contributed by atoms with Gasteiger partial charge >= 0.3 is 17.8 Å². The second-order valence-electron chi connectivity index (χ2n) is 10.9. The van der Waals surface area contributed by atoms with Gasteiger partial charge in [0.2, 0.25) is 0 Å². The standard InChI is InChI=1S/C34H33F3N2O5/c1-3-12-25-28(18-17-24-27(34(35,36)37)21-29(40)44-30(24)25)43-20-11-5-10-19-39-31(41)33(38-32(39)42,23-14-6-4-7-15-23)26-16-9-8-13-22(26)2/h4,6-9,13-18,21H,3,5,10-12,19-20H2,1-2H3,(H,38,42). The fourth-order valence-electron chi connectivity index (χ4n) is 5.85. The van der Waals surface area contributed by atoms with Crippen molar-refractivity contribution in [2.24, 2.45) is 0 Å². The van der Waals surface area contributed by atoms with Crippen molar-refractivity contribution < 1.29 is 31.9 Å². The molecule has 0 spiro atoms. The highest BCUT2D eigenvalue weighted by molar-refractivity contribution is 6.09. The molecule has 7 nitrogen and oxygen atoms in total. The van der Waals surface area contributed by atoms with Crippen LogP contribution in [0.2, 0.25) is 0 Å². The Bertz CT molecular complexity index is 1730. The SMILES string of the molecule is CCCc1c(OCCCCCN2C(=O)NC(c3ccccc3)(c3ccccc3C)C2=O)ccc2c(C(F)(F)F)cc(=O)oc12. The zero-order chi connectivity index (χ0) is 31.5. The summed E-state index contributed by atoms with van der Waals surface area (Å²) in [6, 6.07) is 19.4. The summed E-state index contributed by atoms with van der Waals surface area (Å²) in [5.74, 6) is 0.0288. The Labute approximate surface area is 252 Å². The summed E-state index contributed by atoms with van der Waals surface area (Å²) < 4.78 is 51.9. The molecular formula is C34H33F3N2O5. The minimum Gasteiger partial charge on any atom is -0.493 e. The predicted molar refractivity (Wildman–Crippen MR) is 159 cm³/mol. The lowest BCUT2D eigenvalue weighted by Crippen LogP contribution is -2.45. The van der Waals surface area contributed by atoms with Crippen LogP contribution in [0.1, 0.15) is 60.4 Å². The van der Waals surface area contributed by atoms with Crippen LogP contribution in [0.25, 0.3) is 11.0 Å². The molecule has 1 fully saturated rings. The summed E-state index contributed by atoms with van der Waals surface area (Å²) in [4.78, 5) is 40.3. The number of ether oxygens (including phenoxy) is 1. The number of carbonyl (C=O) groups is 2. The zero-order valence-corrected chi connectivity index (χ0v) is 24.5. The highest BCUT2D eigenvalue weighted by atomic mass is 19.4. The molecule has 1 N–H and O–H groups in total. The Morgan fingerprint density at radius 1 is 0.932 bits per heavy atom. The zero-order valence-electron chi connectivity index (χ0n) is 24.5. The average molecular weight is 607 g/mol. The van der Waals surface area contributed by atoms with Crippen LogP contribution in [-0.2, 0) is 22.9 Å². The molecule has 1 saturated heterocycles. The van der Waals surface area contributed by atoms with Crippen LogP contribution in [-0.4, -0.2) is 30.0 Å². The molecule has 44 heavy (non-hydrogen) atoms. The van der Waals surface area contributed by atoms with Gasteiger partial charge in [-0.2, -0.15) is 13.2 Å². The first-order chi connectivity index (χ1) is 21.1. The number of rotatable bonds is 11. The first-order valence-electron chi connectivity index (χ1n) is 14.6. The van der Waals surface area contributed by atoms with Crippen LogP contribution in [0, 0.1) is 6.92 Å². The summed E-state index contributed by atoms with van der Waals surface area (Å²) in [6.45, 7) is 4.25. The molecule has 230 valence electrons. The number of amides is 3. The number of alkyl halides is 3. The first kappa shape index (κ1) is 30.8. The number of carbonyl (C=O) groups excluding carboxylic acids is 2. The smallest absolute Gasteiger partial charge is 0.417 e. The predicted octanol–water partition coefficient (Wildman–Crippen LogP) is 7.12. The Kier molecular flexibility index (Phi) is 8.80. The van der Waals surface area contributed by atoms with Gasteiger partial charge in [0.1, 0.15) is 11.3 Å². The molecular weight excluding hydrogens is 573 g/mol. The molecule has 0 aliphatic carbocycles. The number of fused-ring (bicyclic) bond motifs is 1. The number of hydrogen-bond donors (Lipinski definition) is 1. The van der Waals surface area contributed by atoms with Crippen LogP contribution in [0.15, 0.2) is 82.0 Å². The van der Waals surface area contributed by atoms with Gasteiger partial charge < -0.3 is 14.5 Å². The van der Waals surface area contributed by atoms with E-state index < -0.39 is 28.9 Å². The van der Waals surface area contributed by atoms with E-state index in [-0.39, 0.29) is 30.0 Å². The number of unbranched alkanes of at least 4 members (excludes halogenated alkanes) is 2. The van der Waals surface area contributed by atoms with Crippen molar-refractivity contribution in [3.8, 4) is 5.75 Å². The molecule has 0 saturated carbocycles. The van der Waals surface area contributed by atoms with Gasteiger partial charge in [0.05, 0.1) is 12.2 Å². The Balaban J connectivity index is 1.25. The molecule has 4 aromatic rings. The fraction of sp³-hybridized carbons (Fsp3) is 0.324. The van der Waals surface area contributed by atoms with Crippen LogP contribution in [0.5, 0.6) is 5.75 Å². The second-order valence-corrected chi connectivity index (χ2v) is 10.9. The average Bonchev–Trinajstić information content (AvgIpc) is 3.25. The lowest BCUT2D eigenvalue weighted by atomic mass is 9.80. The van der Waals surface area contributed by atoms with E-state index in [1.54, 1.807) is 0 Å². The summed E-state index contributed by atoms with van der Waals surface area (Å²) in [5.41, 5.74) is -0.838. The van der Waals surface area contributed by atoms with E-state index in [0.717, 1.165) is 11.1 Å². The number of nitrogens with one attached hydrogen (secondary N) is 1. The van der Waals surface area contributed by atoms with Gasteiger partial charge in [-0.15, -0.1) is 0 Å². The normalized spacial score (nSPS) is 16.9. The minimum absolute atomic E-state index is 0.113. The molecule has 2 heterocycles. The lowest BCUT2D eigenvalue weighted by molar-refractivity contribution is -0.136. The molecule has 1 atom stereocenters. The summed E-state index contributed by atoms with van der Waals surface area (Å²) in [7, 11) is 0. The van der Waals surface area contributed by atoms with E-state index >= 15 is 0 Å². The van der Waals surface area contributed by atoms with Gasteiger partial charge in [0, 0.05) is 23.6 Å². The maximum Gasteiger partial charge on any atom is 0.417 e. The molecule has 3 amide bonds. The van der Waals surface area contributed by atoms with Crippen molar-refractivity contribution in [3.05, 3.63) is 111 Å². The van der Waals surface area contributed by atoms with Gasteiger partial charge in [-0.1, -0.05) is 67.9 Å². The summed E-state index contributed by atoms with van der Waals surface area (Å²) in [5, 5.41) is 2.79. The molecule has 0 radical (unpaired) electrons. The van der Waals surface area contributed by atoms with Crippen LogP contribution < -0.4 is 15.7 Å². The Morgan fingerprint density at radius 3 is 2.36 bits per heavy atom. The van der Waals surface area contributed by atoms with Crippen molar-refractivity contribution in [3.63, 3.8) is 0 Å². The van der Waals surface area contributed by atoms with Gasteiger partial charge in [-0.25, -0.2) is 9.59 Å². The summed E-state index contributed by atoms with van der Waals surface area (Å²) in [6.07, 6.45) is -1.99. The van der Waals surface area contributed by atoms with Gasteiger partial charge in [0.15, 0.2) is 5.54 Å². The maximum atomic E-state index is 13.9. The van der Waals surface area contributed by atoms with Crippen molar-refractivity contribution in [2.45, 2.75) is 57.7 Å². The molecule has 10 heteroatoms. The molecule has 1 unspecified atom stereocenters. The van der Waals surface area contributed by atoms with E-state index in [2.05, 4.69) is 5.32 Å². The number of benzene rings is 3. The third kappa shape index (κ3) is 5.80. The molecule has 1 aliphatic rings. The van der Waals surface area contributed by atoms with Gasteiger partial charge in [-0.3, -0.25) is 9.69 Å². The van der Waals surface area contributed by atoms with Crippen molar-refractivity contribution in [2.75, 3.05) is 13.2 Å². The molecule has 3 aromatic carbocycles. The maximum absolute atomic E-state index is 13.9. The van der Waals surface area contributed by atoms with E-state index in [1.807, 2.05) is 68.4 Å². The van der Waals surface area contributed by atoms with E-state index in [4.69, 9.17) is 9.15 Å². The van der Waals surface area contributed by atoms with Crippen molar-refractivity contribution >= 4 is 22.9 Å². The lowest BCUT2D eigenvalue weighted by Gasteiger charge is -2.29. The first-order valence-corrected chi connectivity index (χ1v) is 14.6. The van der Waals surface area contributed by atoms with Crippen molar-refractivity contribution in [1.82, 2.24) is 10.2 Å². The van der Waals surface area contributed by atoms with E-state index in [0.29, 0.717) is 55.0 Å². The van der Waals surface area contributed by atoms with Crippen LogP contribution in [0.3, 0.4) is 0 Å². The van der Waals surface area contributed by atoms with E-state index in [1.165, 1.54) is 17.0 Å². The fourth-order valence-corrected chi connectivity index (χ4v) is 5.85. The molecule has 1 aromatic heterocycles. The van der Waals surface area contributed by atoms with Crippen molar-refractivity contribution in [1.29, 1.82) is 0 Å². The minimum atomic E-state index is -4.70. The monoisotopic (exact) mass is 606 g/mol. The van der Waals surface area contributed by atoms with Gasteiger partial charge in [-0.05, 0) is 61.4 Å². The third-order valence-electron chi connectivity index (χ3n) is 7.92. The third-order valence-corrected chi connectivity index (χ3v) is 7.92. The second kappa shape index (κ2) is 12.6. The number of aryl methyl sites for hydroxylation is 2. The van der Waals surface area contributed by atoms with Gasteiger partial charge in [0.25, 0.3) is 5.91 Å². The number of halogens is 3. The van der Waals surface area contributed by atoms with Crippen LogP contribution >= 0.6 is 0 Å². The summed E-state index contributed by atoms with van der Waals surface area (Å²) >= 11 is 0. The quantitative estimate of drug-likeness (QED) is 0.112. The molecule has 1 aliphatic heterocycles. The Morgan fingerprint density at radius 2 is 1.66 bits per heavy atom. The number of hydrogen-bond acceptors (Lipinski definition) is 5. The molecule has 0 bridgehead atoms. The number of nitrogens with zero attached hydrogens (tertiary/aromatic N) is 1. The Hall–Kier alpha value is -4.60. The number of urea groups is 1. The largest absolute Gasteiger partial charge is 0.493 e. The van der Waals surface area contributed by atoms with E-state index in [9.17, 15) is 27.6 Å². The number of imide groups is 1. The van der Waals surface area contributed by atoms with Crippen LogP contribution in [0.4, 0.5) is 18.0 Å². The highest BCUT2D eigenvalue weighted by Gasteiger charge is 2.53.